The zero-order valence-corrected chi connectivity index (χ0v) is 10.4. The molecule has 2 rings (SSSR count). The summed E-state index contributed by atoms with van der Waals surface area (Å²) >= 11 is 0.682. The number of carbonyl (C=O) groups is 2. The Labute approximate surface area is 110 Å². The van der Waals surface area contributed by atoms with Gasteiger partial charge >= 0.3 is 6.18 Å². The van der Waals surface area contributed by atoms with Crippen molar-refractivity contribution in [1.82, 2.24) is 10.3 Å². The third kappa shape index (κ3) is 3.91. The summed E-state index contributed by atoms with van der Waals surface area (Å²) in [6.07, 6.45) is -2.90. The number of thiazole rings is 1. The molecule has 0 atom stereocenters. The molecule has 1 aromatic rings. The fraction of sp³-hybridized carbons (Fsp3) is 0.500. The Kier molecular flexibility index (Phi) is 3.74. The zero-order chi connectivity index (χ0) is 14.0. The summed E-state index contributed by atoms with van der Waals surface area (Å²) in [5.74, 6) is -0.827. The Hall–Kier alpha value is -1.64. The van der Waals surface area contributed by atoms with Crippen LogP contribution in [0.1, 0.15) is 18.5 Å². The maximum atomic E-state index is 12.3. The molecule has 2 N–H and O–H groups in total. The van der Waals surface area contributed by atoms with Crippen molar-refractivity contribution in [3.63, 3.8) is 0 Å². The van der Waals surface area contributed by atoms with Gasteiger partial charge in [-0.05, 0) is 12.8 Å². The molecule has 1 aromatic heterocycles. The minimum atomic E-state index is -4.53. The quantitative estimate of drug-likeness (QED) is 0.886. The van der Waals surface area contributed by atoms with Crippen molar-refractivity contribution in [2.24, 2.45) is 5.92 Å². The molecule has 0 saturated heterocycles. The second kappa shape index (κ2) is 5.16. The molecule has 5 nitrogen and oxygen atoms in total. The first-order valence-electron chi connectivity index (χ1n) is 5.46. The lowest BCUT2D eigenvalue weighted by Gasteiger charge is -2.04. The second-order valence-electron chi connectivity index (χ2n) is 4.08. The normalized spacial score (nSPS) is 15.1. The largest absolute Gasteiger partial charge is 0.434 e. The van der Waals surface area contributed by atoms with E-state index in [4.69, 9.17) is 0 Å². The number of alkyl halides is 3. The number of halogens is 3. The molecular formula is C10H10F3N3O2S. The number of hydrogen-bond donors (Lipinski definition) is 2. The number of hydrogen-bond acceptors (Lipinski definition) is 4. The summed E-state index contributed by atoms with van der Waals surface area (Å²) in [5, 5.41) is 5.29. The first-order valence-corrected chi connectivity index (χ1v) is 6.34. The van der Waals surface area contributed by atoms with Crippen LogP contribution < -0.4 is 10.6 Å². The van der Waals surface area contributed by atoms with Gasteiger partial charge in [0, 0.05) is 11.3 Å². The molecule has 0 aliphatic heterocycles. The molecule has 2 amide bonds. The van der Waals surface area contributed by atoms with Crippen LogP contribution in [0.3, 0.4) is 0 Å². The maximum absolute atomic E-state index is 12.3. The van der Waals surface area contributed by atoms with Gasteiger partial charge in [-0.3, -0.25) is 9.59 Å². The molecule has 19 heavy (non-hydrogen) atoms. The fourth-order valence-corrected chi connectivity index (χ4v) is 2.02. The van der Waals surface area contributed by atoms with E-state index < -0.39 is 17.8 Å². The molecule has 1 saturated carbocycles. The van der Waals surface area contributed by atoms with Gasteiger partial charge in [-0.1, -0.05) is 0 Å². The molecule has 9 heteroatoms. The number of aromatic nitrogens is 1. The average molecular weight is 293 g/mol. The van der Waals surface area contributed by atoms with Gasteiger partial charge in [-0.25, -0.2) is 4.98 Å². The van der Waals surface area contributed by atoms with Crippen LogP contribution in [0.5, 0.6) is 0 Å². The van der Waals surface area contributed by atoms with Crippen LogP contribution in [0.2, 0.25) is 0 Å². The monoisotopic (exact) mass is 293 g/mol. The van der Waals surface area contributed by atoms with Gasteiger partial charge in [0.1, 0.15) is 0 Å². The Bertz CT molecular complexity index is 496. The predicted molar refractivity (Wildman–Crippen MR) is 61.5 cm³/mol. The van der Waals surface area contributed by atoms with Gasteiger partial charge in [0.05, 0.1) is 6.54 Å². The van der Waals surface area contributed by atoms with Gasteiger partial charge in [-0.15, -0.1) is 11.3 Å². The van der Waals surface area contributed by atoms with E-state index in [1.807, 2.05) is 0 Å². The van der Waals surface area contributed by atoms with Gasteiger partial charge in [0.25, 0.3) is 0 Å². The van der Waals surface area contributed by atoms with E-state index in [0.29, 0.717) is 11.3 Å². The highest BCUT2D eigenvalue weighted by atomic mass is 32.1. The third-order valence-corrected chi connectivity index (χ3v) is 3.17. The van der Waals surface area contributed by atoms with Crippen LogP contribution in [0, 0.1) is 5.92 Å². The van der Waals surface area contributed by atoms with Crippen molar-refractivity contribution in [2.75, 3.05) is 11.9 Å². The lowest BCUT2D eigenvalue weighted by atomic mass is 10.4. The van der Waals surface area contributed by atoms with Crippen molar-refractivity contribution in [3.8, 4) is 0 Å². The highest BCUT2D eigenvalue weighted by Gasteiger charge is 2.34. The Morgan fingerprint density at radius 1 is 1.42 bits per heavy atom. The molecule has 1 aliphatic rings. The minimum Gasteiger partial charge on any atom is -0.347 e. The zero-order valence-electron chi connectivity index (χ0n) is 9.58. The summed E-state index contributed by atoms with van der Waals surface area (Å²) in [5.41, 5.74) is -1.05. The Morgan fingerprint density at radius 3 is 2.63 bits per heavy atom. The number of carbonyl (C=O) groups excluding carboxylic acids is 2. The van der Waals surface area contributed by atoms with Crippen LogP contribution in [-0.2, 0) is 15.8 Å². The van der Waals surface area contributed by atoms with Crippen LogP contribution in [0.15, 0.2) is 5.38 Å². The lowest BCUT2D eigenvalue weighted by Crippen LogP contribution is -2.33. The smallest absolute Gasteiger partial charge is 0.347 e. The fourth-order valence-electron chi connectivity index (χ4n) is 1.28. The third-order valence-electron chi connectivity index (χ3n) is 2.41. The predicted octanol–water partition coefficient (Wildman–Crippen LogP) is 1.63. The maximum Gasteiger partial charge on any atom is 0.434 e. The highest BCUT2D eigenvalue weighted by Crippen LogP contribution is 2.31. The van der Waals surface area contributed by atoms with E-state index in [0.717, 1.165) is 18.2 Å². The van der Waals surface area contributed by atoms with Gasteiger partial charge in [0.15, 0.2) is 10.8 Å². The average Bonchev–Trinajstić information content (AvgIpc) is 3.05. The van der Waals surface area contributed by atoms with E-state index >= 15 is 0 Å². The second-order valence-corrected chi connectivity index (χ2v) is 4.93. The van der Waals surface area contributed by atoms with E-state index in [1.54, 1.807) is 0 Å². The van der Waals surface area contributed by atoms with Gasteiger partial charge in [0.2, 0.25) is 11.8 Å². The van der Waals surface area contributed by atoms with Crippen molar-refractivity contribution in [3.05, 3.63) is 11.1 Å². The van der Waals surface area contributed by atoms with E-state index in [-0.39, 0.29) is 23.5 Å². The summed E-state index contributed by atoms with van der Waals surface area (Å²) in [4.78, 5) is 25.9. The molecule has 1 fully saturated rings. The minimum absolute atomic E-state index is 0.0236. The number of nitrogens with zero attached hydrogens (tertiary/aromatic N) is 1. The number of amides is 2. The number of nitrogens with one attached hydrogen (secondary N) is 2. The molecule has 0 aromatic carbocycles. The Balaban J connectivity index is 1.81. The Morgan fingerprint density at radius 2 is 2.11 bits per heavy atom. The summed E-state index contributed by atoms with van der Waals surface area (Å²) in [6, 6.07) is 0. The molecule has 0 unspecified atom stereocenters. The lowest BCUT2D eigenvalue weighted by molar-refractivity contribution is -0.140. The van der Waals surface area contributed by atoms with Crippen molar-refractivity contribution >= 4 is 28.3 Å². The molecule has 0 spiro atoms. The van der Waals surface area contributed by atoms with Crippen LogP contribution in [0.4, 0.5) is 18.3 Å². The molecular weight excluding hydrogens is 283 g/mol. The van der Waals surface area contributed by atoms with Gasteiger partial charge < -0.3 is 10.6 Å². The molecule has 1 heterocycles. The van der Waals surface area contributed by atoms with E-state index in [9.17, 15) is 22.8 Å². The molecule has 104 valence electrons. The topological polar surface area (TPSA) is 71.1 Å². The van der Waals surface area contributed by atoms with Crippen LogP contribution in [0.25, 0.3) is 0 Å². The SMILES string of the molecule is O=C(CNC(=O)C1CC1)Nc1nc(C(F)(F)F)cs1. The highest BCUT2D eigenvalue weighted by molar-refractivity contribution is 7.13. The van der Waals surface area contributed by atoms with E-state index in [2.05, 4.69) is 15.6 Å². The summed E-state index contributed by atoms with van der Waals surface area (Å²) < 4.78 is 36.8. The van der Waals surface area contributed by atoms with Crippen LogP contribution in [-0.4, -0.2) is 23.3 Å². The first-order chi connectivity index (χ1) is 8.86. The number of anilines is 1. The molecule has 0 radical (unpaired) electrons. The molecule has 1 aliphatic carbocycles. The number of rotatable bonds is 4. The first kappa shape index (κ1) is 13.8. The van der Waals surface area contributed by atoms with Gasteiger partial charge in [-0.2, -0.15) is 13.2 Å². The summed E-state index contributed by atoms with van der Waals surface area (Å²) in [7, 11) is 0. The van der Waals surface area contributed by atoms with Crippen molar-refractivity contribution < 1.29 is 22.8 Å². The standard InChI is InChI=1S/C10H10F3N3O2S/c11-10(12,13)6-4-19-9(15-6)16-7(17)3-14-8(18)5-1-2-5/h4-5H,1-3H2,(H,14,18)(H,15,16,17). The molecule has 0 bridgehead atoms. The van der Waals surface area contributed by atoms with Crippen molar-refractivity contribution in [1.29, 1.82) is 0 Å². The van der Waals surface area contributed by atoms with Crippen molar-refractivity contribution in [2.45, 2.75) is 19.0 Å². The van der Waals surface area contributed by atoms with E-state index in [1.165, 1.54) is 0 Å². The summed E-state index contributed by atoms with van der Waals surface area (Å²) in [6.45, 7) is -0.268. The van der Waals surface area contributed by atoms with Crippen LogP contribution >= 0.6 is 11.3 Å².